The lowest BCUT2D eigenvalue weighted by molar-refractivity contribution is -0.170. The molecule has 0 radical (unpaired) electrons. The fourth-order valence-electron chi connectivity index (χ4n) is 5.79. The van der Waals surface area contributed by atoms with Crippen LogP contribution in [0, 0.1) is 11.3 Å². The summed E-state index contributed by atoms with van der Waals surface area (Å²) in [5.74, 6) is -2.27. The quantitative estimate of drug-likeness (QED) is 0.383. The number of hydrogen-bond donors (Lipinski definition) is 0. The van der Waals surface area contributed by atoms with Gasteiger partial charge in [0.05, 0.1) is 25.3 Å². The molecule has 0 N–H and O–H groups in total. The van der Waals surface area contributed by atoms with Gasteiger partial charge in [-0.3, -0.25) is 14.6 Å². The molecule has 1 saturated carbocycles. The highest BCUT2D eigenvalue weighted by atomic mass is 35.5. The molecule has 0 bridgehead atoms. The molecule has 1 spiro atoms. The van der Waals surface area contributed by atoms with Crippen LogP contribution in [0.1, 0.15) is 30.4 Å². The van der Waals surface area contributed by atoms with Crippen molar-refractivity contribution >= 4 is 34.9 Å². The van der Waals surface area contributed by atoms with Gasteiger partial charge in [-0.15, -0.1) is 6.58 Å². The molecular weight excluding hydrogens is 414 g/mol. The van der Waals surface area contributed by atoms with E-state index in [9.17, 15) is 9.59 Å². The third-order valence-corrected chi connectivity index (χ3v) is 7.26. The molecule has 0 saturated heterocycles. The van der Waals surface area contributed by atoms with Crippen molar-refractivity contribution in [2.45, 2.75) is 24.7 Å². The average molecular weight is 438 g/mol. The van der Waals surface area contributed by atoms with Crippen molar-refractivity contribution in [2.24, 2.45) is 16.3 Å². The number of carbonyl (C=O) groups is 2. The number of esters is 2. The van der Waals surface area contributed by atoms with E-state index in [2.05, 4.69) is 6.58 Å². The number of allylic oxidation sites excluding steroid dienone is 1. The van der Waals surface area contributed by atoms with Crippen LogP contribution in [0.15, 0.2) is 66.2 Å². The molecule has 1 aliphatic heterocycles. The first-order valence-corrected chi connectivity index (χ1v) is 10.5. The Morgan fingerprint density at radius 3 is 2.32 bits per heavy atom. The molecule has 1 heterocycles. The third kappa shape index (κ3) is 2.66. The van der Waals surface area contributed by atoms with Gasteiger partial charge in [-0.1, -0.05) is 54.1 Å². The molecule has 1 aliphatic carbocycles. The number of carbonyl (C=O) groups excluding carboxylic acids is 2. The number of halogens is 1. The number of aliphatic imine (C=N–C) groups is 1. The Hall–Kier alpha value is -2.92. The Bertz CT molecular complexity index is 1090. The zero-order valence-corrected chi connectivity index (χ0v) is 18.5. The molecule has 160 valence electrons. The van der Waals surface area contributed by atoms with Gasteiger partial charge in [-0.25, -0.2) is 0 Å². The average Bonchev–Trinajstić information content (AvgIpc) is 3.26. The Morgan fingerprint density at radius 1 is 1.10 bits per heavy atom. The Morgan fingerprint density at radius 2 is 1.71 bits per heavy atom. The van der Waals surface area contributed by atoms with Crippen LogP contribution >= 0.6 is 11.6 Å². The van der Waals surface area contributed by atoms with Crippen LogP contribution in [0.2, 0.25) is 5.02 Å². The highest BCUT2D eigenvalue weighted by Crippen LogP contribution is 2.68. The molecule has 0 unspecified atom stereocenters. The highest BCUT2D eigenvalue weighted by molar-refractivity contribution is 6.31. The normalized spacial score (nSPS) is 25.6. The molecule has 4 rings (SSSR count). The van der Waals surface area contributed by atoms with Crippen LogP contribution in [-0.2, 0) is 24.5 Å². The van der Waals surface area contributed by atoms with Gasteiger partial charge in [0.15, 0.2) is 5.41 Å². The lowest BCUT2D eigenvalue weighted by atomic mass is 9.59. The monoisotopic (exact) mass is 437 g/mol. The number of methoxy groups -OCH3 is 2. The van der Waals surface area contributed by atoms with Crippen LogP contribution < -0.4 is 0 Å². The van der Waals surface area contributed by atoms with E-state index in [0.717, 1.165) is 17.0 Å². The maximum absolute atomic E-state index is 13.4. The molecule has 1 fully saturated rings. The molecule has 6 heteroatoms. The Kier molecular flexibility index (Phi) is 5.26. The summed E-state index contributed by atoms with van der Waals surface area (Å²) >= 11 is 6.68. The van der Waals surface area contributed by atoms with E-state index < -0.39 is 28.7 Å². The summed E-state index contributed by atoms with van der Waals surface area (Å²) in [5, 5.41) is 0.464. The number of para-hydroxylation sites is 1. The number of nitrogens with zero attached hydrogens (tertiary/aromatic N) is 1. The van der Waals surface area contributed by atoms with Gasteiger partial charge in [0.25, 0.3) is 0 Å². The summed E-state index contributed by atoms with van der Waals surface area (Å²) in [6, 6.07) is 15.1. The van der Waals surface area contributed by atoms with E-state index in [1.54, 1.807) is 12.1 Å². The van der Waals surface area contributed by atoms with E-state index in [-0.39, 0.29) is 12.3 Å². The van der Waals surface area contributed by atoms with Crippen molar-refractivity contribution in [3.05, 3.63) is 77.3 Å². The topological polar surface area (TPSA) is 65.0 Å². The summed E-state index contributed by atoms with van der Waals surface area (Å²) in [6.45, 7) is 6.00. The van der Waals surface area contributed by atoms with E-state index in [1.807, 2.05) is 49.4 Å². The summed E-state index contributed by atoms with van der Waals surface area (Å²) < 4.78 is 10.4. The second-order valence-corrected chi connectivity index (χ2v) is 8.45. The summed E-state index contributed by atoms with van der Waals surface area (Å²) in [5.41, 5.74) is 0.827. The van der Waals surface area contributed by atoms with E-state index in [0.29, 0.717) is 10.6 Å². The molecule has 2 aromatic rings. The van der Waals surface area contributed by atoms with Gasteiger partial charge in [0, 0.05) is 16.7 Å². The van der Waals surface area contributed by atoms with Gasteiger partial charge in [0.2, 0.25) is 0 Å². The Balaban J connectivity index is 2.16. The van der Waals surface area contributed by atoms with Crippen LogP contribution in [-0.4, -0.2) is 31.9 Å². The predicted molar refractivity (Wildman–Crippen MR) is 120 cm³/mol. The minimum absolute atomic E-state index is 0.174. The first kappa shape index (κ1) is 21.3. The molecule has 3 atom stereocenters. The summed E-state index contributed by atoms with van der Waals surface area (Å²) in [6.07, 6.45) is 1.98. The largest absolute Gasteiger partial charge is 0.468 e. The lowest BCUT2D eigenvalue weighted by Gasteiger charge is -2.41. The van der Waals surface area contributed by atoms with Gasteiger partial charge in [-0.05, 0) is 42.5 Å². The standard InChI is InChI=1S/C25H24ClNO4/c1-5-16-14-24(22(28)30-3,23(29)31-4)21(17-10-6-8-12-19(17)26)25(16)15(2)27-20-13-9-7-11-18(20)25/h5-13,16,21H,1,14H2,2-4H3/t16-,21+,25+/m0/s1. The summed E-state index contributed by atoms with van der Waals surface area (Å²) in [4.78, 5) is 31.7. The number of rotatable bonds is 4. The zero-order chi connectivity index (χ0) is 22.4. The number of ether oxygens (including phenoxy) is 2. The second-order valence-electron chi connectivity index (χ2n) is 8.04. The van der Waals surface area contributed by atoms with Crippen molar-refractivity contribution in [1.82, 2.24) is 0 Å². The van der Waals surface area contributed by atoms with Gasteiger partial charge >= 0.3 is 11.9 Å². The van der Waals surface area contributed by atoms with Gasteiger partial charge < -0.3 is 9.47 Å². The van der Waals surface area contributed by atoms with Gasteiger partial charge in [0.1, 0.15) is 0 Å². The smallest absolute Gasteiger partial charge is 0.323 e. The first-order chi connectivity index (χ1) is 14.9. The Labute approximate surface area is 186 Å². The molecule has 2 aromatic carbocycles. The lowest BCUT2D eigenvalue weighted by Crippen LogP contribution is -2.49. The van der Waals surface area contributed by atoms with Gasteiger partial charge in [-0.2, -0.15) is 0 Å². The molecule has 0 amide bonds. The van der Waals surface area contributed by atoms with E-state index in [4.69, 9.17) is 26.1 Å². The zero-order valence-electron chi connectivity index (χ0n) is 17.7. The number of benzene rings is 2. The minimum Gasteiger partial charge on any atom is -0.468 e. The molecular formula is C25H24ClNO4. The van der Waals surface area contributed by atoms with Crippen LogP contribution in [0.5, 0.6) is 0 Å². The number of hydrogen-bond acceptors (Lipinski definition) is 5. The van der Waals surface area contributed by atoms with Crippen LogP contribution in [0.3, 0.4) is 0 Å². The SMILES string of the molecule is C=C[C@H]1CC(C(=O)OC)(C(=O)OC)[C@@H](c2ccccc2Cl)[C@]12C(C)=Nc1ccccc12. The van der Waals surface area contributed by atoms with Crippen molar-refractivity contribution in [1.29, 1.82) is 0 Å². The first-order valence-electron chi connectivity index (χ1n) is 10.1. The summed E-state index contributed by atoms with van der Waals surface area (Å²) in [7, 11) is 2.57. The van der Waals surface area contributed by atoms with Crippen molar-refractivity contribution < 1.29 is 19.1 Å². The molecule has 0 aromatic heterocycles. The molecule has 31 heavy (non-hydrogen) atoms. The van der Waals surface area contributed by atoms with E-state index in [1.165, 1.54) is 14.2 Å². The van der Waals surface area contributed by atoms with E-state index >= 15 is 0 Å². The van der Waals surface area contributed by atoms with Crippen LogP contribution in [0.4, 0.5) is 5.69 Å². The molecule has 5 nitrogen and oxygen atoms in total. The maximum atomic E-state index is 13.4. The predicted octanol–water partition coefficient (Wildman–Crippen LogP) is 5.01. The van der Waals surface area contributed by atoms with Crippen LogP contribution in [0.25, 0.3) is 0 Å². The second kappa shape index (κ2) is 7.65. The third-order valence-electron chi connectivity index (χ3n) is 6.91. The highest BCUT2D eigenvalue weighted by Gasteiger charge is 2.72. The maximum Gasteiger partial charge on any atom is 0.323 e. The fraction of sp³-hybridized carbons (Fsp3) is 0.320. The fourth-order valence-corrected chi connectivity index (χ4v) is 6.03. The van der Waals surface area contributed by atoms with Crippen molar-refractivity contribution in [2.75, 3.05) is 14.2 Å². The number of fused-ring (bicyclic) bond motifs is 2. The van der Waals surface area contributed by atoms with Crippen molar-refractivity contribution in [3.8, 4) is 0 Å². The van der Waals surface area contributed by atoms with Crippen molar-refractivity contribution in [3.63, 3.8) is 0 Å². The molecule has 2 aliphatic rings. The minimum atomic E-state index is -1.61.